The standard InChI is InChI=1S/C10H12N2/c1-3-5-6-7-12-9-10(4-2)8-11-12/h1,4,8-9H,2,5-7H2. The highest BCUT2D eigenvalue weighted by atomic mass is 15.3. The third-order valence-electron chi connectivity index (χ3n) is 1.60. The Morgan fingerprint density at radius 2 is 2.58 bits per heavy atom. The zero-order valence-electron chi connectivity index (χ0n) is 7.03. The van der Waals surface area contributed by atoms with Gasteiger partial charge in [-0.2, -0.15) is 5.10 Å². The predicted molar refractivity (Wildman–Crippen MR) is 50.4 cm³/mol. The van der Waals surface area contributed by atoms with E-state index < -0.39 is 0 Å². The van der Waals surface area contributed by atoms with Gasteiger partial charge in [0.25, 0.3) is 0 Å². The third kappa shape index (κ3) is 2.28. The van der Waals surface area contributed by atoms with Crippen molar-refractivity contribution in [1.82, 2.24) is 9.78 Å². The maximum absolute atomic E-state index is 5.13. The number of nitrogens with zero attached hydrogens (tertiary/aromatic N) is 2. The molecule has 2 heteroatoms. The Kier molecular flexibility index (Phi) is 3.16. The van der Waals surface area contributed by atoms with Crippen molar-refractivity contribution in [3.63, 3.8) is 0 Å². The molecule has 0 saturated heterocycles. The lowest BCUT2D eigenvalue weighted by molar-refractivity contribution is 0.587. The van der Waals surface area contributed by atoms with E-state index in [9.17, 15) is 0 Å². The summed E-state index contributed by atoms with van der Waals surface area (Å²) in [5, 5.41) is 4.14. The van der Waals surface area contributed by atoms with Gasteiger partial charge in [-0.15, -0.1) is 12.3 Å². The lowest BCUT2D eigenvalue weighted by atomic mass is 10.3. The van der Waals surface area contributed by atoms with Crippen LogP contribution in [0.25, 0.3) is 6.08 Å². The summed E-state index contributed by atoms with van der Waals surface area (Å²) in [7, 11) is 0. The van der Waals surface area contributed by atoms with Crippen LogP contribution in [0.2, 0.25) is 0 Å². The number of hydrogen-bond acceptors (Lipinski definition) is 1. The minimum Gasteiger partial charge on any atom is -0.272 e. The smallest absolute Gasteiger partial charge is 0.0562 e. The van der Waals surface area contributed by atoms with Crippen LogP contribution in [-0.2, 0) is 6.54 Å². The quantitative estimate of drug-likeness (QED) is 0.486. The third-order valence-corrected chi connectivity index (χ3v) is 1.60. The first-order valence-electron chi connectivity index (χ1n) is 3.95. The molecule has 0 fully saturated rings. The Hall–Kier alpha value is -1.49. The second-order valence-corrected chi connectivity index (χ2v) is 2.55. The van der Waals surface area contributed by atoms with Crippen molar-refractivity contribution in [2.75, 3.05) is 0 Å². The van der Waals surface area contributed by atoms with Gasteiger partial charge in [0.1, 0.15) is 0 Å². The summed E-state index contributed by atoms with van der Waals surface area (Å²) in [4.78, 5) is 0. The highest BCUT2D eigenvalue weighted by molar-refractivity contribution is 5.43. The SMILES string of the molecule is C#CCCCn1cc(C=C)cn1. The van der Waals surface area contributed by atoms with Gasteiger partial charge in [0.2, 0.25) is 0 Å². The fraction of sp³-hybridized carbons (Fsp3) is 0.300. The molecule has 0 spiro atoms. The molecule has 2 nitrogen and oxygen atoms in total. The lowest BCUT2D eigenvalue weighted by Gasteiger charge is -1.96. The van der Waals surface area contributed by atoms with Crippen molar-refractivity contribution in [2.45, 2.75) is 19.4 Å². The van der Waals surface area contributed by atoms with Gasteiger partial charge in [-0.25, -0.2) is 0 Å². The molecule has 0 aliphatic carbocycles. The maximum Gasteiger partial charge on any atom is 0.0562 e. The van der Waals surface area contributed by atoms with E-state index in [2.05, 4.69) is 17.6 Å². The van der Waals surface area contributed by atoms with Gasteiger partial charge in [-0.1, -0.05) is 12.7 Å². The van der Waals surface area contributed by atoms with Crippen LogP contribution in [-0.4, -0.2) is 9.78 Å². The summed E-state index contributed by atoms with van der Waals surface area (Å²) < 4.78 is 1.88. The van der Waals surface area contributed by atoms with Crippen LogP contribution >= 0.6 is 0 Å². The molecule has 0 atom stereocenters. The second kappa shape index (κ2) is 4.40. The van der Waals surface area contributed by atoms with Gasteiger partial charge in [0.05, 0.1) is 6.20 Å². The minimum atomic E-state index is 0.809. The van der Waals surface area contributed by atoms with Crippen molar-refractivity contribution in [3.05, 3.63) is 24.5 Å². The minimum absolute atomic E-state index is 0.809. The van der Waals surface area contributed by atoms with Gasteiger partial charge in [-0.3, -0.25) is 4.68 Å². The molecule has 0 aliphatic heterocycles. The first-order valence-corrected chi connectivity index (χ1v) is 3.95. The summed E-state index contributed by atoms with van der Waals surface area (Å²) in [6, 6.07) is 0. The predicted octanol–water partition coefficient (Wildman–Crippen LogP) is 1.94. The molecule has 0 aromatic carbocycles. The lowest BCUT2D eigenvalue weighted by Crippen LogP contribution is -1.97. The van der Waals surface area contributed by atoms with Crippen molar-refractivity contribution in [2.24, 2.45) is 0 Å². The molecule has 1 rings (SSSR count). The van der Waals surface area contributed by atoms with Crippen molar-refractivity contribution in [3.8, 4) is 12.3 Å². The number of hydrogen-bond donors (Lipinski definition) is 0. The molecule has 12 heavy (non-hydrogen) atoms. The summed E-state index contributed by atoms with van der Waals surface area (Å²) in [6.45, 7) is 4.54. The molecular formula is C10H12N2. The van der Waals surface area contributed by atoms with Crippen LogP contribution in [0, 0.1) is 12.3 Å². The number of rotatable bonds is 4. The van der Waals surface area contributed by atoms with Crippen molar-refractivity contribution >= 4 is 6.08 Å². The number of terminal acetylenes is 1. The monoisotopic (exact) mass is 160 g/mol. The number of unbranched alkanes of at least 4 members (excludes halogenated alkanes) is 1. The number of aromatic nitrogens is 2. The van der Waals surface area contributed by atoms with Gasteiger partial charge < -0.3 is 0 Å². The molecule has 0 aliphatic rings. The highest BCUT2D eigenvalue weighted by Crippen LogP contribution is 2.00. The van der Waals surface area contributed by atoms with Crippen molar-refractivity contribution < 1.29 is 0 Å². The topological polar surface area (TPSA) is 17.8 Å². The van der Waals surface area contributed by atoms with E-state index in [1.165, 1.54) is 0 Å². The normalized spacial score (nSPS) is 9.25. The van der Waals surface area contributed by atoms with E-state index in [1.807, 2.05) is 10.9 Å². The van der Waals surface area contributed by atoms with E-state index >= 15 is 0 Å². The zero-order chi connectivity index (χ0) is 8.81. The Labute approximate surface area is 72.9 Å². The van der Waals surface area contributed by atoms with E-state index in [4.69, 9.17) is 6.42 Å². The van der Waals surface area contributed by atoms with E-state index in [0.29, 0.717) is 0 Å². The Balaban J connectivity index is 2.42. The maximum atomic E-state index is 5.13. The summed E-state index contributed by atoms with van der Waals surface area (Å²) in [5.41, 5.74) is 1.05. The Morgan fingerprint density at radius 3 is 3.17 bits per heavy atom. The van der Waals surface area contributed by atoms with Gasteiger partial charge in [-0.05, 0) is 6.42 Å². The van der Waals surface area contributed by atoms with Gasteiger partial charge in [0.15, 0.2) is 0 Å². The van der Waals surface area contributed by atoms with Crippen LogP contribution < -0.4 is 0 Å². The molecule has 0 radical (unpaired) electrons. The molecule has 0 saturated carbocycles. The van der Waals surface area contributed by atoms with Crippen LogP contribution in [0.4, 0.5) is 0 Å². The zero-order valence-corrected chi connectivity index (χ0v) is 7.03. The molecular weight excluding hydrogens is 148 g/mol. The van der Waals surface area contributed by atoms with Gasteiger partial charge >= 0.3 is 0 Å². The Morgan fingerprint density at radius 1 is 1.75 bits per heavy atom. The molecule has 62 valence electrons. The van der Waals surface area contributed by atoms with E-state index in [-0.39, 0.29) is 0 Å². The van der Waals surface area contributed by atoms with Crippen molar-refractivity contribution in [1.29, 1.82) is 0 Å². The van der Waals surface area contributed by atoms with Crippen LogP contribution in [0.5, 0.6) is 0 Å². The fourth-order valence-corrected chi connectivity index (χ4v) is 0.950. The molecule has 1 aromatic rings. The molecule has 0 bridgehead atoms. The molecule has 0 amide bonds. The second-order valence-electron chi connectivity index (χ2n) is 2.55. The first kappa shape index (κ1) is 8.61. The van der Waals surface area contributed by atoms with Crippen LogP contribution in [0.15, 0.2) is 19.0 Å². The van der Waals surface area contributed by atoms with Gasteiger partial charge in [0, 0.05) is 24.7 Å². The fourth-order valence-electron chi connectivity index (χ4n) is 0.950. The first-order chi connectivity index (χ1) is 5.86. The molecule has 1 aromatic heterocycles. The van der Waals surface area contributed by atoms with E-state index in [1.54, 1.807) is 12.3 Å². The average molecular weight is 160 g/mol. The summed E-state index contributed by atoms with van der Waals surface area (Å²) in [5.74, 6) is 2.60. The Bertz CT molecular complexity index is 291. The highest BCUT2D eigenvalue weighted by Gasteiger charge is 1.92. The molecule has 0 N–H and O–H groups in total. The average Bonchev–Trinajstić information content (AvgIpc) is 2.53. The molecule has 0 unspecified atom stereocenters. The number of aryl methyl sites for hydroxylation is 1. The largest absolute Gasteiger partial charge is 0.272 e. The summed E-state index contributed by atoms with van der Waals surface area (Å²) in [6.07, 6.45) is 12.5. The van der Waals surface area contributed by atoms with Crippen LogP contribution in [0.1, 0.15) is 18.4 Å². The van der Waals surface area contributed by atoms with Crippen LogP contribution in [0.3, 0.4) is 0 Å². The van der Waals surface area contributed by atoms with E-state index in [0.717, 1.165) is 24.9 Å². The summed E-state index contributed by atoms with van der Waals surface area (Å²) >= 11 is 0. The molecule has 1 heterocycles.